The summed E-state index contributed by atoms with van der Waals surface area (Å²) in [7, 11) is 3.46. The number of halogens is 9. The van der Waals surface area contributed by atoms with Crippen LogP contribution in [-0.2, 0) is 26.4 Å². The van der Waals surface area contributed by atoms with Crippen LogP contribution in [0.2, 0.25) is 10.3 Å². The van der Waals surface area contributed by atoms with Crippen molar-refractivity contribution >= 4 is 91.4 Å². The number of thioether (sulfide) groups is 2. The van der Waals surface area contributed by atoms with E-state index >= 15 is 0 Å². The van der Waals surface area contributed by atoms with Crippen molar-refractivity contribution in [2.45, 2.75) is 42.9 Å². The first kappa shape index (κ1) is 38.4. The molecule has 0 N–H and O–H groups in total. The average Bonchev–Trinajstić information content (AvgIpc) is 3.55. The summed E-state index contributed by atoms with van der Waals surface area (Å²) >= 11 is 16.9. The molecule has 0 saturated heterocycles. The van der Waals surface area contributed by atoms with Crippen LogP contribution < -0.4 is 0 Å². The Kier molecular flexibility index (Phi) is 11.5. The highest BCUT2D eigenvalue weighted by Crippen LogP contribution is 2.37. The molecule has 0 amide bonds. The molecule has 0 aliphatic carbocycles. The van der Waals surface area contributed by atoms with Crippen molar-refractivity contribution in [1.29, 1.82) is 0 Å². The fourth-order valence-electron chi connectivity index (χ4n) is 5.05. The van der Waals surface area contributed by atoms with Crippen molar-refractivity contribution in [2.24, 2.45) is 14.1 Å². The monoisotopic (exact) mass is 884 g/mol. The number of nitrogens with zero attached hydrogens (tertiary/aromatic N) is 8. The Morgan fingerprint density at radius 3 is 1.52 bits per heavy atom. The van der Waals surface area contributed by atoms with E-state index in [0.717, 1.165) is 33.4 Å². The van der Waals surface area contributed by atoms with Gasteiger partial charge in [0.15, 0.2) is 11.6 Å². The van der Waals surface area contributed by atoms with Crippen LogP contribution >= 0.6 is 69.3 Å². The first-order valence-electron chi connectivity index (χ1n) is 14.5. The van der Waals surface area contributed by atoms with Crippen LogP contribution in [0.5, 0.6) is 0 Å². The first-order chi connectivity index (χ1) is 23.4. The van der Waals surface area contributed by atoms with Crippen LogP contribution in [-0.4, -0.2) is 50.5 Å². The van der Waals surface area contributed by atoms with Crippen LogP contribution in [0.3, 0.4) is 0 Å². The Morgan fingerprint density at radius 1 is 0.660 bits per heavy atom. The number of pyridine rings is 4. The van der Waals surface area contributed by atoms with Crippen LogP contribution in [0.4, 0.5) is 26.3 Å². The topological polar surface area (TPSA) is 87.2 Å². The van der Waals surface area contributed by atoms with Gasteiger partial charge in [-0.25, -0.2) is 29.9 Å². The van der Waals surface area contributed by atoms with Gasteiger partial charge in [0.1, 0.15) is 42.3 Å². The van der Waals surface area contributed by atoms with Crippen molar-refractivity contribution < 1.29 is 26.3 Å². The van der Waals surface area contributed by atoms with E-state index in [9.17, 15) is 26.3 Å². The van der Waals surface area contributed by atoms with E-state index in [4.69, 9.17) is 23.2 Å². The molecule has 0 bridgehead atoms. The van der Waals surface area contributed by atoms with Crippen molar-refractivity contribution in [3.8, 4) is 23.0 Å². The molecule has 0 unspecified atom stereocenters. The largest absolute Gasteiger partial charge is 0.433 e. The standard InChI is InChI=1S/C16H14ClF3N4S.C15H11ClF3IN4S/c1-4-25-10-5-6-12(17)23-13(10)15-22-9-7-11(16(18,19)20)21-8(2)14(9)24(15)3;1-3-25-8-4-5-10(16)23-11(8)14-21-7-6-9(15(17,18)19)22-13(20)12(7)24(14)2/h5-7H,4H2,1-3H3;4-6H,3H2,1-2H3. The molecule has 6 heterocycles. The Hall–Kier alpha value is -2.87. The van der Waals surface area contributed by atoms with Crippen molar-refractivity contribution in [1.82, 2.24) is 39.0 Å². The van der Waals surface area contributed by atoms with Crippen LogP contribution in [0.25, 0.3) is 45.1 Å². The van der Waals surface area contributed by atoms with Gasteiger partial charge >= 0.3 is 12.4 Å². The Labute approximate surface area is 314 Å². The molecular weight excluding hydrogens is 860 g/mol. The molecule has 0 spiro atoms. The molecule has 0 aliphatic heterocycles. The molecule has 6 aromatic rings. The maximum atomic E-state index is 13.0. The predicted octanol–water partition coefficient (Wildman–Crippen LogP) is 10.5. The van der Waals surface area contributed by atoms with E-state index < -0.39 is 23.7 Å². The van der Waals surface area contributed by atoms with E-state index in [1.165, 1.54) is 6.92 Å². The third-order valence-corrected chi connectivity index (χ3v) is 10.1. The van der Waals surface area contributed by atoms with Gasteiger partial charge in [-0.15, -0.1) is 23.5 Å². The summed E-state index contributed by atoms with van der Waals surface area (Å²) in [4.78, 5) is 26.5. The molecule has 264 valence electrons. The molecule has 50 heavy (non-hydrogen) atoms. The summed E-state index contributed by atoms with van der Waals surface area (Å²) in [6.45, 7) is 5.54. The Balaban J connectivity index is 0.000000194. The zero-order valence-electron chi connectivity index (χ0n) is 26.7. The third-order valence-electron chi connectivity index (χ3n) is 7.09. The smallest absolute Gasteiger partial charge is 0.324 e. The van der Waals surface area contributed by atoms with Gasteiger partial charge in [-0.1, -0.05) is 37.0 Å². The van der Waals surface area contributed by atoms with Gasteiger partial charge in [0.2, 0.25) is 0 Å². The lowest BCUT2D eigenvalue weighted by Crippen LogP contribution is -2.09. The van der Waals surface area contributed by atoms with Gasteiger partial charge in [-0.2, -0.15) is 26.3 Å². The van der Waals surface area contributed by atoms with E-state index in [1.807, 2.05) is 26.0 Å². The summed E-state index contributed by atoms with van der Waals surface area (Å²) in [5.74, 6) is 2.54. The quantitative estimate of drug-likeness (QED) is 0.0708. The lowest BCUT2D eigenvalue weighted by atomic mass is 10.2. The molecule has 0 fully saturated rings. The number of rotatable bonds is 6. The first-order valence-corrected chi connectivity index (χ1v) is 18.4. The van der Waals surface area contributed by atoms with Gasteiger partial charge in [0.25, 0.3) is 0 Å². The fourth-order valence-corrected chi connectivity index (χ4v) is 7.74. The van der Waals surface area contributed by atoms with Crippen molar-refractivity contribution in [3.63, 3.8) is 0 Å². The number of aromatic nitrogens is 8. The normalized spacial score (nSPS) is 12.1. The number of imidazole rings is 2. The molecule has 0 aromatic carbocycles. The number of hydrogen-bond acceptors (Lipinski definition) is 8. The molecule has 6 aromatic heterocycles. The second-order valence-corrected chi connectivity index (χ2v) is 14.8. The van der Waals surface area contributed by atoms with Gasteiger partial charge in [0.05, 0.1) is 22.2 Å². The van der Waals surface area contributed by atoms with E-state index in [1.54, 1.807) is 81.5 Å². The molecule has 0 atom stereocenters. The second-order valence-electron chi connectivity index (χ2n) is 10.4. The highest BCUT2D eigenvalue weighted by atomic mass is 127. The summed E-state index contributed by atoms with van der Waals surface area (Å²) in [5, 5.41) is 0.597. The van der Waals surface area contributed by atoms with Crippen LogP contribution in [0.15, 0.2) is 46.2 Å². The van der Waals surface area contributed by atoms with E-state index in [-0.39, 0.29) is 20.4 Å². The molecule has 0 saturated carbocycles. The number of alkyl halides is 6. The fraction of sp³-hybridized carbons (Fsp3) is 0.290. The molecule has 0 aliphatic rings. The number of aryl methyl sites for hydroxylation is 3. The minimum Gasteiger partial charge on any atom is -0.324 e. The minimum absolute atomic E-state index is 0.221. The number of fused-ring (bicyclic) bond motifs is 2. The van der Waals surface area contributed by atoms with E-state index in [2.05, 4.69) is 29.9 Å². The third kappa shape index (κ3) is 7.95. The molecule has 6 rings (SSSR count). The predicted molar refractivity (Wildman–Crippen MR) is 194 cm³/mol. The maximum absolute atomic E-state index is 13.0. The van der Waals surface area contributed by atoms with E-state index in [0.29, 0.717) is 44.4 Å². The molecular formula is C31H25Cl2F6IN8S2. The summed E-state index contributed by atoms with van der Waals surface area (Å²) in [6, 6.07) is 8.95. The zero-order chi connectivity index (χ0) is 36.7. The lowest BCUT2D eigenvalue weighted by molar-refractivity contribution is -0.141. The van der Waals surface area contributed by atoms with Crippen molar-refractivity contribution in [2.75, 3.05) is 11.5 Å². The highest BCUT2D eigenvalue weighted by Gasteiger charge is 2.35. The van der Waals surface area contributed by atoms with Crippen LogP contribution in [0.1, 0.15) is 30.9 Å². The van der Waals surface area contributed by atoms with Crippen LogP contribution in [0, 0.1) is 10.6 Å². The zero-order valence-corrected chi connectivity index (χ0v) is 32.0. The molecule has 8 nitrogen and oxygen atoms in total. The van der Waals surface area contributed by atoms with Gasteiger partial charge < -0.3 is 9.13 Å². The SMILES string of the molecule is CCSc1ccc(Cl)nc1-c1nc2cc(C(F)(F)F)nc(C)c2n1C.CCSc1ccc(Cl)nc1-c1nc2cc(C(F)(F)F)nc(I)c2n1C. The van der Waals surface area contributed by atoms with Gasteiger partial charge in [-0.3, -0.25) is 0 Å². The minimum atomic E-state index is -4.52. The Morgan fingerprint density at radius 2 is 1.08 bits per heavy atom. The van der Waals surface area contributed by atoms with Crippen molar-refractivity contribution in [3.05, 3.63) is 67.5 Å². The Bertz CT molecular complexity index is 2070. The lowest BCUT2D eigenvalue weighted by Gasteiger charge is -2.09. The number of hydrogen-bond donors (Lipinski definition) is 0. The highest BCUT2D eigenvalue weighted by molar-refractivity contribution is 14.1. The van der Waals surface area contributed by atoms with Gasteiger partial charge in [0, 0.05) is 23.9 Å². The summed E-state index contributed by atoms with van der Waals surface area (Å²) in [6.07, 6.45) is -9.04. The maximum Gasteiger partial charge on any atom is 0.433 e. The average molecular weight is 886 g/mol. The molecule has 19 heteroatoms. The van der Waals surface area contributed by atoms with Gasteiger partial charge in [-0.05, 0) is 77.4 Å². The summed E-state index contributed by atoms with van der Waals surface area (Å²) in [5.41, 5.74) is 0.951. The summed E-state index contributed by atoms with van der Waals surface area (Å²) < 4.78 is 81.7. The molecule has 0 radical (unpaired) electrons. The second kappa shape index (κ2) is 15.0.